The molecule has 0 bridgehead atoms. The van der Waals surface area contributed by atoms with Crippen LogP contribution in [0.15, 0.2) is 24.3 Å². The number of hydrogen-bond donors (Lipinski definition) is 2. The normalized spacial score (nSPS) is 23.6. The molecule has 0 radical (unpaired) electrons. The van der Waals surface area contributed by atoms with Gasteiger partial charge in [0, 0.05) is 13.7 Å². The van der Waals surface area contributed by atoms with Gasteiger partial charge in [0.15, 0.2) is 0 Å². The Morgan fingerprint density at radius 3 is 2.86 bits per heavy atom. The van der Waals surface area contributed by atoms with Crippen LogP contribution in [-0.4, -0.2) is 38.3 Å². The largest absolute Gasteiger partial charge is 0.383 e. The van der Waals surface area contributed by atoms with Gasteiger partial charge >= 0.3 is 0 Å². The van der Waals surface area contributed by atoms with Crippen LogP contribution in [0.2, 0.25) is 0 Å². The first-order chi connectivity index (χ1) is 10.1. The standard InChI is InChI=1S/C16H24N2O3/c1-11-5-7-12(8-6-11)15-14(4-3-9-21-15)18-16(19)13(17)10-20-2/h5-8,13-15H,3-4,9-10,17H2,1-2H3,(H,18,19). The van der Waals surface area contributed by atoms with Gasteiger partial charge in [0.25, 0.3) is 0 Å². The summed E-state index contributed by atoms with van der Waals surface area (Å²) in [5, 5.41) is 3.00. The molecule has 5 heteroatoms. The number of methoxy groups -OCH3 is 1. The van der Waals surface area contributed by atoms with Gasteiger partial charge in [-0.3, -0.25) is 4.79 Å². The van der Waals surface area contributed by atoms with Crippen LogP contribution in [0.4, 0.5) is 0 Å². The van der Waals surface area contributed by atoms with Crippen molar-refractivity contribution < 1.29 is 14.3 Å². The molecule has 1 fully saturated rings. The van der Waals surface area contributed by atoms with Crippen LogP contribution in [0.1, 0.15) is 30.1 Å². The molecule has 3 N–H and O–H groups in total. The minimum Gasteiger partial charge on any atom is -0.383 e. The number of carbonyl (C=O) groups excluding carboxylic acids is 1. The summed E-state index contributed by atoms with van der Waals surface area (Å²) >= 11 is 0. The highest BCUT2D eigenvalue weighted by atomic mass is 16.5. The summed E-state index contributed by atoms with van der Waals surface area (Å²) in [6.07, 6.45) is 1.72. The second kappa shape index (κ2) is 7.54. The molecule has 3 atom stereocenters. The first-order valence-electron chi connectivity index (χ1n) is 7.35. The number of hydrogen-bond acceptors (Lipinski definition) is 4. The van der Waals surface area contributed by atoms with Gasteiger partial charge in [0.05, 0.1) is 12.6 Å². The Morgan fingerprint density at radius 2 is 2.19 bits per heavy atom. The van der Waals surface area contributed by atoms with Crippen LogP contribution in [0.3, 0.4) is 0 Å². The summed E-state index contributed by atoms with van der Waals surface area (Å²) in [5.41, 5.74) is 8.07. The van der Waals surface area contributed by atoms with Crippen LogP contribution in [0.5, 0.6) is 0 Å². The molecular formula is C16H24N2O3. The fourth-order valence-corrected chi connectivity index (χ4v) is 2.56. The van der Waals surface area contributed by atoms with Gasteiger partial charge in [-0.25, -0.2) is 0 Å². The Hall–Kier alpha value is -1.43. The highest BCUT2D eigenvalue weighted by Crippen LogP contribution is 2.28. The average Bonchev–Trinajstić information content (AvgIpc) is 2.49. The lowest BCUT2D eigenvalue weighted by atomic mass is 9.95. The minimum absolute atomic E-state index is 0.0446. The molecule has 5 nitrogen and oxygen atoms in total. The van der Waals surface area contributed by atoms with Gasteiger partial charge < -0.3 is 20.5 Å². The van der Waals surface area contributed by atoms with E-state index in [0.29, 0.717) is 0 Å². The van der Waals surface area contributed by atoms with Crippen molar-refractivity contribution in [3.8, 4) is 0 Å². The SMILES string of the molecule is COCC(N)C(=O)NC1CCCOC1c1ccc(C)cc1. The first-order valence-corrected chi connectivity index (χ1v) is 7.35. The van der Waals surface area contributed by atoms with Crippen molar-refractivity contribution >= 4 is 5.91 Å². The topological polar surface area (TPSA) is 73.6 Å². The maximum absolute atomic E-state index is 12.1. The Morgan fingerprint density at radius 1 is 1.48 bits per heavy atom. The third-order valence-corrected chi connectivity index (χ3v) is 3.74. The second-order valence-corrected chi connectivity index (χ2v) is 5.52. The lowest BCUT2D eigenvalue weighted by Gasteiger charge is -2.33. The number of benzene rings is 1. The van der Waals surface area contributed by atoms with E-state index in [9.17, 15) is 4.79 Å². The van der Waals surface area contributed by atoms with Crippen molar-refractivity contribution in [3.63, 3.8) is 0 Å². The average molecular weight is 292 g/mol. The van der Waals surface area contributed by atoms with E-state index in [0.717, 1.165) is 25.0 Å². The molecule has 1 aliphatic heterocycles. The number of nitrogens with two attached hydrogens (primary N) is 1. The molecule has 1 aromatic rings. The van der Waals surface area contributed by atoms with Crippen LogP contribution in [0, 0.1) is 6.92 Å². The molecule has 116 valence electrons. The van der Waals surface area contributed by atoms with E-state index in [1.165, 1.54) is 12.7 Å². The summed E-state index contributed by atoms with van der Waals surface area (Å²) < 4.78 is 10.8. The van der Waals surface area contributed by atoms with Crippen molar-refractivity contribution in [1.82, 2.24) is 5.32 Å². The molecule has 1 aliphatic rings. The number of aryl methyl sites for hydroxylation is 1. The molecular weight excluding hydrogens is 268 g/mol. The highest BCUT2D eigenvalue weighted by molar-refractivity contribution is 5.82. The zero-order valence-electron chi connectivity index (χ0n) is 12.7. The number of carbonyl (C=O) groups is 1. The summed E-state index contributed by atoms with van der Waals surface area (Å²) in [5.74, 6) is -0.190. The summed E-state index contributed by atoms with van der Waals surface area (Å²) in [6, 6.07) is 7.54. The number of amides is 1. The lowest BCUT2D eigenvalue weighted by Crippen LogP contribution is -2.50. The van der Waals surface area contributed by atoms with Crippen molar-refractivity contribution in [2.75, 3.05) is 20.3 Å². The Kier molecular flexibility index (Phi) is 5.73. The fraction of sp³-hybridized carbons (Fsp3) is 0.562. The molecule has 2 rings (SSSR count). The quantitative estimate of drug-likeness (QED) is 0.858. The van der Waals surface area contributed by atoms with Crippen molar-refractivity contribution in [2.24, 2.45) is 5.73 Å². The molecule has 1 aromatic carbocycles. The fourth-order valence-electron chi connectivity index (χ4n) is 2.56. The molecule has 1 saturated heterocycles. The maximum atomic E-state index is 12.1. The summed E-state index contributed by atoms with van der Waals surface area (Å²) in [7, 11) is 1.53. The lowest BCUT2D eigenvalue weighted by molar-refractivity contribution is -0.126. The summed E-state index contributed by atoms with van der Waals surface area (Å²) in [4.78, 5) is 12.1. The predicted octanol–water partition coefficient (Wildman–Crippen LogP) is 1.31. The number of rotatable bonds is 5. The Balaban J connectivity index is 2.05. The molecule has 0 aliphatic carbocycles. The van der Waals surface area contributed by atoms with Gasteiger partial charge in [0.2, 0.25) is 5.91 Å². The molecule has 0 spiro atoms. The zero-order valence-corrected chi connectivity index (χ0v) is 12.7. The molecule has 21 heavy (non-hydrogen) atoms. The number of nitrogens with one attached hydrogen (secondary N) is 1. The molecule has 1 amide bonds. The number of ether oxygens (including phenoxy) is 2. The van der Waals surface area contributed by atoms with Crippen LogP contribution in [0.25, 0.3) is 0 Å². The van der Waals surface area contributed by atoms with Crippen molar-refractivity contribution in [3.05, 3.63) is 35.4 Å². The molecule has 3 unspecified atom stereocenters. The van der Waals surface area contributed by atoms with Gasteiger partial charge in [-0.1, -0.05) is 29.8 Å². The Bertz CT molecular complexity index is 461. The van der Waals surface area contributed by atoms with Crippen molar-refractivity contribution in [2.45, 2.75) is 38.0 Å². The van der Waals surface area contributed by atoms with E-state index in [1.54, 1.807) is 0 Å². The minimum atomic E-state index is -0.643. The van der Waals surface area contributed by atoms with Gasteiger partial charge in [0.1, 0.15) is 12.1 Å². The second-order valence-electron chi connectivity index (χ2n) is 5.52. The van der Waals surface area contributed by atoms with Crippen LogP contribution >= 0.6 is 0 Å². The smallest absolute Gasteiger partial charge is 0.239 e. The van der Waals surface area contributed by atoms with E-state index in [2.05, 4.69) is 36.5 Å². The zero-order chi connectivity index (χ0) is 15.2. The van der Waals surface area contributed by atoms with Crippen LogP contribution < -0.4 is 11.1 Å². The van der Waals surface area contributed by atoms with Gasteiger partial charge in [-0.15, -0.1) is 0 Å². The molecule has 1 heterocycles. The predicted molar refractivity (Wildman–Crippen MR) is 80.9 cm³/mol. The van der Waals surface area contributed by atoms with E-state index >= 15 is 0 Å². The third-order valence-electron chi connectivity index (χ3n) is 3.74. The van der Waals surface area contributed by atoms with Gasteiger partial charge in [-0.05, 0) is 25.3 Å². The van der Waals surface area contributed by atoms with E-state index in [1.807, 2.05) is 0 Å². The molecule has 0 aromatic heterocycles. The van der Waals surface area contributed by atoms with Crippen molar-refractivity contribution in [1.29, 1.82) is 0 Å². The van der Waals surface area contributed by atoms with E-state index in [-0.39, 0.29) is 24.7 Å². The monoisotopic (exact) mass is 292 g/mol. The van der Waals surface area contributed by atoms with E-state index in [4.69, 9.17) is 15.2 Å². The third kappa shape index (κ3) is 4.27. The highest BCUT2D eigenvalue weighted by Gasteiger charge is 2.29. The summed E-state index contributed by atoms with van der Waals surface area (Å²) in [6.45, 7) is 2.98. The Labute approximate surface area is 125 Å². The van der Waals surface area contributed by atoms with E-state index < -0.39 is 6.04 Å². The molecule has 0 saturated carbocycles. The first kappa shape index (κ1) is 15.9. The maximum Gasteiger partial charge on any atom is 0.239 e. The van der Waals surface area contributed by atoms with Gasteiger partial charge in [-0.2, -0.15) is 0 Å². The van der Waals surface area contributed by atoms with Crippen LogP contribution in [-0.2, 0) is 14.3 Å².